The molecule has 4 aromatic rings. The van der Waals surface area contributed by atoms with Gasteiger partial charge in [0.1, 0.15) is 23.2 Å². The first-order chi connectivity index (χ1) is 24.1. The van der Waals surface area contributed by atoms with Crippen molar-refractivity contribution in [2.75, 3.05) is 11.4 Å². The van der Waals surface area contributed by atoms with Gasteiger partial charge in [0.25, 0.3) is 0 Å². The molecule has 0 saturated heterocycles. The molecule has 1 saturated carbocycles. The largest absolute Gasteiger partial charge is 0.457 e. The zero-order valence-electron chi connectivity index (χ0n) is 32.7. The Morgan fingerprint density at radius 3 is 2.22 bits per heavy atom. The number of aliphatic imine (C=N–C) groups is 1. The van der Waals surface area contributed by atoms with Crippen LogP contribution in [0.25, 0.3) is 0 Å². The Morgan fingerprint density at radius 1 is 0.784 bits per heavy atom. The van der Waals surface area contributed by atoms with Crippen LogP contribution in [-0.4, -0.2) is 34.3 Å². The fraction of sp³-hybridized carbons (Fsp3) is 0.478. The van der Waals surface area contributed by atoms with Gasteiger partial charge in [-0.05, 0) is 94.3 Å². The Labute approximate surface area is 307 Å². The minimum atomic E-state index is -0.194. The molecule has 0 unspecified atom stereocenters. The molecule has 0 amide bonds. The van der Waals surface area contributed by atoms with Gasteiger partial charge in [0.2, 0.25) is 0 Å². The number of hydrogen-bond acceptors (Lipinski definition) is 5. The number of para-hydroxylation sites is 1. The number of hydrogen-bond donors (Lipinski definition) is 0. The van der Waals surface area contributed by atoms with Crippen molar-refractivity contribution in [3.8, 4) is 11.5 Å². The van der Waals surface area contributed by atoms with Crippen molar-refractivity contribution < 1.29 is 4.74 Å². The zero-order valence-corrected chi connectivity index (χ0v) is 32.7. The van der Waals surface area contributed by atoms with Gasteiger partial charge in [-0.2, -0.15) is 0 Å². The van der Waals surface area contributed by atoms with E-state index in [0.29, 0.717) is 12.0 Å². The second kappa shape index (κ2) is 13.1. The van der Waals surface area contributed by atoms with Crippen molar-refractivity contribution in [3.05, 3.63) is 107 Å². The maximum Gasteiger partial charge on any atom is 0.137 e. The van der Waals surface area contributed by atoms with Gasteiger partial charge in [-0.25, -0.2) is 4.98 Å². The first-order valence-corrected chi connectivity index (χ1v) is 19.3. The molecule has 7 rings (SSSR count). The first kappa shape index (κ1) is 35.3. The van der Waals surface area contributed by atoms with Crippen molar-refractivity contribution in [3.63, 3.8) is 0 Å². The fourth-order valence-electron chi connectivity index (χ4n) is 8.25. The van der Waals surface area contributed by atoms with Gasteiger partial charge >= 0.3 is 0 Å². The Bertz CT molecular complexity index is 1940. The van der Waals surface area contributed by atoms with Crippen LogP contribution in [-0.2, 0) is 10.8 Å². The molecule has 0 bridgehead atoms. The molecule has 1 atom stereocenters. The van der Waals surface area contributed by atoms with Crippen molar-refractivity contribution in [1.29, 1.82) is 0 Å². The summed E-state index contributed by atoms with van der Waals surface area (Å²) in [5.41, 5.74) is 8.41. The number of nitrogens with zero attached hydrogens (tertiary/aromatic N) is 4. The lowest BCUT2D eigenvalue weighted by Crippen LogP contribution is -2.42. The summed E-state index contributed by atoms with van der Waals surface area (Å²) in [6.45, 7) is 23.9. The van der Waals surface area contributed by atoms with Gasteiger partial charge in [0, 0.05) is 35.8 Å². The van der Waals surface area contributed by atoms with E-state index in [2.05, 4.69) is 152 Å². The summed E-state index contributed by atoms with van der Waals surface area (Å²) < 4.78 is 6.91. The molecule has 1 fully saturated rings. The molecular formula is C46H58N4O. The smallest absolute Gasteiger partial charge is 0.137 e. The van der Waals surface area contributed by atoms with Crippen LogP contribution in [0.1, 0.15) is 135 Å². The Kier molecular flexibility index (Phi) is 9.09. The third kappa shape index (κ3) is 6.81. The van der Waals surface area contributed by atoms with E-state index >= 15 is 0 Å². The third-order valence-corrected chi connectivity index (χ3v) is 11.6. The van der Waals surface area contributed by atoms with Crippen molar-refractivity contribution in [1.82, 2.24) is 9.88 Å². The highest BCUT2D eigenvalue weighted by Gasteiger charge is 2.39. The molecule has 1 aromatic heterocycles. The lowest BCUT2D eigenvalue weighted by Gasteiger charge is -2.41. The number of rotatable bonds is 6. The standard InChI is InChI=1S/C46H58N4O/c1-30(2)31-24-32(43-48-41(45(6,7)8)29-49(43)34-16-12-11-13-17-34)26-36(25-31)51-35-20-21-38-40(28-35)50(39-19-15-14-18-37(39)46(38,9)10)42-27-33(22-23-47-42)44(3,4)5/h14-15,18-28,30,34,41H,11-13,16-17,29H2,1-10H3/t41-/m0/s1. The number of pyridine rings is 1. The van der Waals surface area contributed by atoms with E-state index in [0.717, 1.165) is 41.1 Å². The van der Waals surface area contributed by atoms with Gasteiger partial charge in [-0.15, -0.1) is 0 Å². The molecule has 3 heterocycles. The number of aromatic nitrogens is 1. The lowest BCUT2D eigenvalue weighted by molar-refractivity contribution is 0.218. The maximum absolute atomic E-state index is 6.91. The number of ether oxygens (including phenoxy) is 1. The van der Waals surface area contributed by atoms with E-state index in [1.807, 2.05) is 6.20 Å². The van der Waals surface area contributed by atoms with Gasteiger partial charge < -0.3 is 9.64 Å². The number of fused-ring (bicyclic) bond motifs is 2. The fourth-order valence-corrected chi connectivity index (χ4v) is 8.25. The van der Waals surface area contributed by atoms with Gasteiger partial charge in [-0.1, -0.05) is 113 Å². The second-order valence-electron chi connectivity index (χ2n) is 18.1. The minimum absolute atomic E-state index is 0.00225. The molecular weight excluding hydrogens is 625 g/mol. The summed E-state index contributed by atoms with van der Waals surface area (Å²) in [7, 11) is 0. The maximum atomic E-state index is 6.91. The molecule has 3 aliphatic rings. The number of anilines is 3. The van der Waals surface area contributed by atoms with Crippen molar-refractivity contribution >= 4 is 23.0 Å². The first-order valence-electron chi connectivity index (χ1n) is 19.3. The van der Waals surface area contributed by atoms with Crippen LogP contribution in [0, 0.1) is 5.41 Å². The molecule has 0 radical (unpaired) electrons. The predicted octanol–water partition coefficient (Wildman–Crippen LogP) is 12.2. The monoisotopic (exact) mass is 682 g/mol. The summed E-state index contributed by atoms with van der Waals surface area (Å²) in [6.07, 6.45) is 8.41. The summed E-state index contributed by atoms with van der Waals surface area (Å²) in [4.78, 5) is 15.4. The van der Waals surface area contributed by atoms with Crippen LogP contribution in [0.4, 0.5) is 17.2 Å². The van der Waals surface area contributed by atoms with Crippen LogP contribution >= 0.6 is 0 Å². The Hall–Kier alpha value is -4.12. The average molecular weight is 683 g/mol. The van der Waals surface area contributed by atoms with E-state index < -0.39 is 0 Å². The molecule has 51 heavy (non-hydrogen) atoms. The van der Waals surface area contributed by atoms with E-state index in [1.54, 1.807) is 0 Å². The zero-order chi connectivity index (χ0) is 36.3. The quantitative estimate of drug-likeness (QED) is 0.203. The number of amidine groups is 1. The van der Waals surface area contributed by atoms with Crippen molar-refractivity contribution in [2.24, 2.45) is 10.4 Å². The SMILES string of the molecule is CC(C)c1cc(Oc2ccc3c(c2)N(c2cc(C(C)(C)C)ccn2)c2ccccc2C3(C)C)cc(C2=N[C@H](C(C)(C)C)CN2C2CCCCC2)c1. The Balaban J connectivity index is 1.31. The molecule has 0 spiro atoms. The second-order valence-corrected chi connectivity index (χ2v) is 18.1. The van der Waals surface area contributed by atoms with Crippen LogP contribution in [0.5, 0.6) is 11.5 Å². The molecule has 3 aromatic carbocycles. The van der Waals surface area contributed by atoms with E-state index in [-0.39, 0.29) is 22.3 Å². The highest BCUT2D eigenvalue weighted by atomic mass is 16.5. The Morgan fingerprint density at radius 2 is 1.51 bits per heavy atom. The van der Waals surface area contributed by atoms with Gasteiger partial charge in [0.05, 0.1) is 17.4 Å². The van der Waals surface area contributed by atoms with Gasteiger partial charge in [0.15, 0.2) is 0 Å². The third-order valence-electron chi connectivity index (χ3n) is 11.6. The molecule has 5 nitrogen and oxygen atoms in total. The van der Waals surface area contributed by atoms with Crippen LogP contribution in [0.2, 0.25) is 0 Å². The topological polar surface area (TPSA) is 41.0 Å². The van der Waals surface area contributed by atoms with Crippen molar-refractivity contribution in [2.45, 2.75) is 130 Å². The molecule has 1 aliphatic carbocycles. The average Bonchev–Trinajstić information content (AvgIpc) is 3.55. The summed E-state index contributed by atoms with van der Waals surface area (Å²) >= 11 is 0. The van der Waals surface area contributed by atoms with E-state index in [1.165, 1.54) is 59.9 Å². The summed E-state index contributed by atoms with van der Waals surface area (Å²) in [5.74, 6) is 4.10. The van der Waals surface area contributed by atoms with Gasteiger partial charge in [-0.3, -0.25) is 9.89 Å². The highest BCUT2D eigenvalue weighted by Crippen LogP contribution is 2.52. The minimum Gasteiger partial charge on any atom is -0.457 e. The van der Waals surface area contributed by atoms with Crippen LogP contribution in [0.15, 0.2) is 84.0 Å². The predicted molar refractivity (Wildman–Crippen MR) is 214 cm³/mol. The van der Waals surface area contributed by atoms with Crippen LogP contribution < -0.4 is 9.64 Å². The molecule has 2 aliphatic heterocycles. The highest BCUT2D eigenvalue weighted by molar-refractivity contribution is 6.01. The molecule has 0 N–H and O–H groups in total. The molecule has 268 valence electrons. The molecule has 5 heteroatoms. The lowest BCUT2D eigenvalue weighted by atomic mass is 9.73. The normalized spacial score (nSPS) is 19.2. The van der Waals surface area contributed by atoms with E-state index in [9.17, 15) is 0 Å². The van der Waals surface area contributed by atoms with E-state index in [4.69, 9.17) is 14.7 Å². The summed E-state index contributed by atoms with van der Waals surface area (Å²) in [6, 6.07) is 27.4. The number of benzene rings is 3. The van der Waals surface area contributed by atoms with Crippen LogP contribution in [0.3, 0.4) is 0 Å². The summed E-state index contributed by atoms with van der Waals surface area (Å²) in [5, 5.41) is 0.